The second kappa shape index (κ2) is 6.43. The Morgan fingerprint density at radius 2 is 1.76 bits per heavy atom. The number of nitriles is 1. The quantitative estimate of drug-likeness (QED) is 0.678. The highest BCUT2D eigenvalue weighted by molar-refractivity contribution is 4.90. The van der Waals surface area contributed by atoms with E-state index in [1.807, 2.05) is 0 Å². The predicted octanol–water partition coefficient (Wildman–Crippen LogP) is 4.92. The molecule has 2 fully saturated rings. The minimum absolute atomic E-state index is 0.377. The van der Waals surface area contributed by atoms with Gasteiger partial charge in [0.25, 0.3) is 0 Å². The zero-order valence-corrected chi connectivity index (χ0v) is 11.3. The van der Waals surface area contributed by atoms with E-state index in [9.17, 15) is 0 Å². The van der Waals surface area contributed by atoms with Crippen LogP contribution >= 0.6 is 0 Å². The Bertz CT molecular complexity index is 257. The van der Waals surface area contributed by atoms with Crippen LogP contribution in [0.3, 0.4) is 0 Å². The molecule has 2 rings (SSSR count). The molecule has 0 radical (unpaired) electrons. The lowest BCUT2D eigenvalue weighted by atomic mass is 9.68. The Labute approximate surface area is 107 Å². The summed E-state index contributed by atoms with van der Waals surface area (Å²) in [7, 11) is 0. The molecule has 0 bridgehead atoms. The van der Waals surface area contributed by atoms with Crippen LogP contribution in [-0.2, 0) is 0 Å². The zero-order chi connectivity index (χ0) is 12.1. The molecule has 2 aliphatic carbocycles. The topological polar surface area (TPSA) is 23.8 Å². The molecule has 0 aromatic heterocycles. The maximum atomic E-state index is 9.07. The standard InChI is InChI=1S/C16H27N/c1-2-4-13-7-9-15(10-8-13)16-6-3-5-14(11-16)12-17/h13-16H,2-11H2,1H3/t13-,14?,15-,16?. The van der Waals surface area contributed by atoms with Gasteiger partial charge in [0.05, 0.1) is 6.07 Å². The van der Waals surface area contributed by atoms with Crippen molar-refractivity contribution < 1.29 is 0 Å². The highest BCUT2D eigenvalue weighted by Crippen LogP contribution is 2.42. The maximum absolute atomic E-state index is 9.07. The van der Waals surface area contributed by atoms with E-state index in [0.29, 0.717) is 5.92 Å². The Morgan fingerprint density at radius 3 is 2.41 bits per heavy atom. The van der Waals surface area contributed by atoms with Crippen LogP contribution in [0, 0.1) is 35.0 Å². The molecule has 0 saturated heterocycles. The molecule has 96 valence electrons. The summed E-state index contributed by atoms with van der Waals surface area (Å²) in [6.45, 7) is 2.31. The second-order valence-corrected chi connectivity index (χ2v) is 6.32. The third-order valence-electron chi connectivity index (χ3n) is 5.15. The van der Waals surface area contributed by atoms with Crippen LogP contribution in [0.2, 0.25) is 0 Å². The van der Waals surface area contributed by atoms with Gasteiger partial charge in [-0.05, 0) is 43.4 Å². The van der Waals surface area contributed by atoms with Crippen LogP contribution in [0.15, 0.2) is 0 Å². The summed E-state index contributed by atoms with van der Waals surface area (Å²) in [5.74, 6) is 3.24. The smallest absolute Gasteiger partial charge is 0.0655 e. The fourth-order valence-corrected chi connectivity index (χ4v) is 4.13. The van der Waals surface area contributed by atoms with E-state index in [2.05, 4.69) is 13.0 Å². The highest BCUT2D eigenvalue weighted by atomic mass is 14.4. The van der Waals surface area contributed by atoms with E-state index in [4.69, 9.17) is 5.26 Å². The first kappa shape index (κ1) is 12.9. The fraction of sp³-hybridized carbons (Fsp3) is 0.938. The van der Waals surface area contributed by atoms with Crippen molar-refractivity contribution in [2.45, 2.75) is 71.1 Å². The molecular formula is C16H27N. The number of hydrogen-bond donors (Lipinski definition) is 0. The molecule has 0 aromatic rings. The molecule has 2 saturated carbocycles. The Kier molecular flexibility index (Phi) is 4.89. The first-order valence-electron chi connectivity index (χ1n) is 7.73. The molecule has 2 unspecified atom stereocenters. The van der Waals surface area contributed by atoms with Crippen LogP contribution in [0.4, 0.5) is 0 Å². The van der Waals surface area contributed by atoms with Crippen LogP contribution in [-0.4, -0.2) is 0 Å². The maximum Gasteiger partial charge on any atom is 0.0655 e. The van der Waals surface area contributed by atoms with Gasteiger partial charge in [0.15, 0.2) is 0 Å². The summed E-state index contributed by atoms with van der Waals surface area (Å²) >= 11 is 0. The van der Waals surface area contributed by atoms with Crippen LogP contribution in [0.5, 0.6) is 0 Å². The van der Waals surface area contributed by atoms with Gasteiger partial charge in [-0.15, -0.1) is 0 Å². The number of hydrogen-bond acceptors (Lipinski definition) is 1. The molecule has 0 spiro atoms. The predicted molar refractivity (Wildman–Crippen MR) is 71.4 cm³/mol. The summed E-state index contributed by atoms with van der Waals surface area (Å²) in [6, 6.07) is 2.50. The van der Waals surface area contributed by atoms with Crippen molar-refractivity contribution in [1.82, 2.24) is 0 Å². The van der Waals surface area contributed by atoms with Gasteiger partial charge in [-0.25, -0.2) is 0 Å². The van der Waals surface area contributed by atoms with Crippen molar-refractivity contribution in [3.8, 4) is 6.07 Å². The number of rotatable bonds is 3. The van der Waals surface area contributed by atoms with E-state index in [0.717, 1.165) is 24.2 Å². The molecule has 0 aromatic carbocycles. The van der Waals surface area contributed by atoms with Crippen molar-refractivity contribution in [2.75, 3.05) is 0 Å². The van der Waals surface area contributed by atoms with Gasteiger partial charge >= 0.3 is 0 Å². The first-order valence-corrected chi connectivity index (χ1v) is 7.73. The Balaban J connectivity index is 1.78. The van der Waals surface area contributed by atoms with Crippen molar-refractivity contribution >= 4 is 0 Å². The average Bonchev–Trinajstić information content (AvgIpc) is 2.40. The van der Waals surface area contributed by atoms with Gasteiger partial charge in [-0.2, -0.15) is 5.26 Å². The summed E-state index contributed by atoms with van der Waals surface area (Å²) in [6.07, 6.45) is 13.7. The zero-order valence-electron chi connectivity index (χ0n) is 11.3. The Hall–Kier alpha value is -0.510. The number of nitrogens with zero attached hydrogens (tertiary/aromatic N) is 1. The van der Waals surface area contributed by atoms with Crippen molar-refractivity contribution in [2.24, 2.45) is 23.7 Å². The molecular weight excluding hydrogens is 206 g/mol. The minimum Gasteiger partial charge on any atom is -0.198 e. The molecule has 0 heterocycles. The first-order chi connectivity index (χ1) is 8.33. The summed E-state index contributed by atoms with van der Waals surface area (Å²) in [4.78, 5) is 0. The summed E-state index contributed by atoms with van der Waals surface area (Å²) in [5.41, 5.74) is 0. The van der Waals surface area contributed by atoms with Crippen LogP contribution in [0.25, 0.3) is 0 Å². The lowest BCUT2D eigenvalue weighted by Gasteiger charge is -2.37. The lowest BCUT2D eigenvalue weighted by Crippen LogP contribution is -2.26. The molecule has 1 heteroatoms. The van der Waals surface area contributed by atoms with Crippen molar-refractivity contribution in [1.29, 1.82) is 5.26 Å². The largest absolute Gasteiger partial charge is 0.198 e. The molecule has 1 nitrogen and oxygen atoms in total. The summed E-state index contributed by atoms with van der Waals surface area (Å²) in [5, 5.41) is 9.07. The third-order valence-corrected chi connectivity index (χ3v) is 5.15. The third kappa shape index (κ3) is 3.47. The van der Waals surface area contributed by atoms with Crippen molar-refractivity contribution in [3.63, 3.8) is 0 Å². The molecule has 17 heavy (non-hydrogen) atoms. The van der Waals surface area contributed by atoms with E-state index >= 15 is 0 Å². The van der Waals surface area contributed by atoms with Gasteiger partial charge in [0, 0.05) is 5.92 Å². The monoisotopic (exact) mass is 233 g/mol. The summed E-state index contributed by atoms with van der Waals surface area (Å²) < 4.78 is 0. The van der Waals surface area contributed by atoms with Crippen LogP contribution < -0.4 is 0 Å². The normalized spacial score (nSPS) is 38.6. The van der Waals surface area contributed by atoms with Gasteiger partial charge in [-0.1, -0.05) is 45.4 Å². The molecule has 2 aliphatic rings. The average molecular weight is 233 g/mol. The van der Waals surface area contributed by atoms with Gasteiger partial charge in [-0.3, -0.25) is 0 Å². The highest BCUT2D eigenvalue weighted by Gasteiger charge is 2.31. The van der Waals surface area contributed by atoms with Gasteiger partial charge < -0.3 is 0 Å². The van der Waals surface area contributed by atoms with E-state index in [1.54, 1.807) is 0 Å². The molecule has 0 aliphatic heterocycles. The van der Waals surface area contributed by atoms with E-state index < -0.39 is 0 Å². The lowest BCUT2D eigenvalue weighted by molar-refractivity contribution is 0.150. The Morgan fingerprint density at radius 1 is 1.00 bits per heavy atom. The molecule has 0 amide bonds. The van der Waals surface area contributed by atoms with Crippen molar-refractivity contribution in [3.05, 3.63) is 0 Å². The van der Waals surface area contributed by atoms with Crippen LogP contribution in [0.1, 0.15) is 71.1 Å². The molecule has 0 N–H and O–H groups in total. The van der Waals surface area contributed by atoms with Gasteiger partial charge in [0.1, 0.15) is 0 Å². The second-order valence-electron chi connectivity index (χ2n) is 6.32. The fourth-order valence-electron chi connectivity index (χ4n) is 4.13. The molecule has 2 atom stereocenters. The van der Waals surface area contributed by atoms with E-state index in [1.165, 1.54) is 57.8 Å². The van der Waals surface area contributed by atoms with E-state index in [-0.39, 0.29) is 0 Å². The van der Waals surface area contributed by atoms with Gasteiger partial charge in [0.2, 0.25) is 0 Å². The minimum atomic E-state index is 0.377. The SMILES string of the molecule is CCC[C@H]1CC[C@H](C2CCCC(C#N)C2)CC1.